The van der Waals surface area contributed by atoms with Crippen LogP contribution in [0.1, 0.15) is 33.6 Å². The van der Waals surface area contributed by atoms with Crippen LogP contribution in [0.3, 0.4) is 0 Å². The van der Waals surface area contributed by atoms with E-state index in [1.807, 2.05) is 0 Å². The highest BCUT2D eigenvalue weighted by atomic mass is 16.5. The summed E-state index contributed by atoms with van der Waals surface area (Å²) in [6, 6.07) is 1.14. The fourth-order valence-electron chi connectivity index (χ4n) is 2.40. The Balaban J connectivity index is 2.29. The van der Waals surface area contributed by atoms with Crippen molar-refractivity contribution in [3.05, 3.63) is 0 Å². The van der Waals surface area contributed by atoms with Gasteiger partial charge in [-0.2, -0.15) is 0 Å². The molecule has 0 saturated carbocycles. The Morgan fingerprint density at radius 2 is 2.19 bits per heavy atom. The van der Waals surface area contributed by atoms with Gasteiger partial charge in [0, 0.05) is 25.2 Å². The topological polar surface area (TPSA) is 24.5 Å². The summed E-state index contributed by atoms with van der Waals surface area (Å²) in [6.45, 7) is 10.9. The maximum absolute atomic E-state index is 5.53. The van der Waals surface area contributed by atoms with Crippen molar-refractivity contribution in [2.45, 2.75) is 45.7 Å². The normalized spacial score (nSPS) is 25.7. The van der Waals surface area contributed by atoms with Gasteiger partial charge in [-0.1, -0.05) is 6.92 Å². The van der Waals surface area contributed by atoms with Crippen LogP contribution in [-0.2, 0) is 4.74 Å². The van der Waals surface area contributed by atoms with E-state index in [0.29, 0.717) is 12.1 Å². The Morgan fingerprint density at radius 3 is 2.75 bits per heavy atom. The fourth-order valence-corrected chi connectivity index (χ4v) is 2.40. The van der Waals surface area contributed by atoms with Gasteiger partial charge in [0.2, 0.25) is 0 Å². The molecule has 0 spiro atoms. The first kappa shape index (κ1) is 13.9. The molecule has 0 aliphatic carbocycles. The van der Waals surface area contributed by atoms with Crippen LogP contribution in [0.4, 0.5) is 0 Å². The molecule has 1 heterocycles. The van der Waals surface area contributed by atoms with Crippen LogP contribution in [0.15, 0.2) is 0 Å². The van der Waals surface area contributed by atoms with Gasteiger partial charge in [-0.15, -0.1) is 0 Å². The molecule has 0 amide bonds. The quantitative estimate of drug-likeness (QED) is 0.749. The molecule has 96 valence electrons. The predicted octanol–water partition coefficient (Wildman–Crippen LogP) is 1.73. The van der Waals surface area contributed by atoms with Crippen LogP contribution in [0.25, 0.3) is 0 Å². The molecule has 0 radical (unpaired) electrons. The molecule has 0 bridgehead atoms. The van der Waals surface area contributed by atoms with Crippen LogP contribution in [0, 0.1) is 5.92 Å². The Morgan fingerprint density at radius 1 is 1.44 bits per heavy atom. The Bertz CT molecular complexity index is 181. The highest BCUT2D eigenvalue weighted by Gasteiger charge is 2.21. The van der Waals surface area contributed by atoms with Crippen molar-refractivity contribution in [2.24, 2.45) is 5.92 Å². The molecular weight excluding hydrogens is 200 g/mol. The molecule has 1 fully saturated rings. The molecule has 1 N–H and O–H groups in total. The van der Waals surface area contributed by atoms with Gasteiger partial charge in [-0.05, 0) is 46.2 Å². The number of nitrogens with one attached hydrogen (secondary N) is 1. The van der Waals surface area contributed by atoms with Crippen molar-refractivity contribution in [2.75, 3.05) is 33.4 Å². The molecule has 3 nitrogen and oxygen atoms in total. The van der Waals surface area contributed by atoms with Gasteiger partial charge in [-0.25, -0.2) is 0 Å². The molecular formula is C13H28N2O. The van der Waals surface area contributed by atoms with Crippen molar-refractivity contribution in [1.82, 2.24) is 10.2 Å². The smallest absolute Gasteiger partial charge is 0.0506 e. The van der Waals surface area contributed by atoms with Gasteiger partial charge in [0.1, 0.15) is 0 Å². The summed E-state index contributed by atoms with van der Waals surface area (Å²) < 4.78 is 5.53. The van der Waals surface area contributed by atoms with E-state index in [1.54, 1.807) is 0 Å². The van der Waals surface area contributed by atoms with Gasteiger partial charge < -0.3 is 15.0 Å². The standard InChI is InChI=1S/C13H28N2O/c1-5-14-11(2)12(3)15(4)9-13-7-6-8-16-10-13/h11-14H,5-10H2,1-4H3. The molecule has 3 unspecified atom stereocenters. The van der Waals surface area contributed by atoms with E-state index < -0.39 is 0 Å². The van der Waals surface area contributed by atoms with E-state index >= 15 is 0 Å². The van der Waals surface area contributed by atoms with Gasteiger partial charge >= 0.3 is 0 Å². The highest BCUT2D eigenvalue weighted by Crippen LogP contribution is 2.16. The van der Waals surface area contributed by atoms with E-state index in [0.717, 1.165) is 32.2 Å². The zero-order valence-corrected chi connectivity index (χ0v) is 11.3. The molecule has 3 atom stereocenters. The highest BCUT2D eigenvalue weighted by molar-refractivity contribution is 4.77. The van der Waals surface area contributed by atoms with Crippen molar-refractivity contribution in [1.29, 1.82) is 0 Å². The molecule has 1 saturated heterocycles. The third-order valence-electron chi connectivity index (χ3n) is 3.75. The first-order chi connectivity index (χ1) is 7.65. The number of ether oxygens (including phenoxy) is 1. The lowest BCUT2D eigenvalue weighted by Gasteiger charge is -2.34. The maximum atomic E-state index is 5.53. The zero-order chi connectivity index (χ0) is 12.0. The van der Waals surface area contributed by atoms with Crippen LogP contribution in [-0.4, -0.2) is 50.3 Å². The summed E-state index contributed by atoms with van der Waals surface area (Å²) in [5.74, 6) is 0.732. The van der Waals surface area contributed by atoms with Crippen molar-refractivity contribution < 1.29 is 4.74 Å². The minimum Gasteiger partial charge on any atom is -0.381 e. The third kappa shape index (κ3) is 4.40. The lowest BCUT2D eigenvalue weighted by molar-refractivity contribution is 0.0351. The van der Waals surface area contributed by atoms with Crippen molar-refractivity contribution in [3.63, 3.8) is 0 Å². The predicted molar refractivity (Wildman–Crippen MR) is 68.8 cm³/mol. The summed E-state index contributed by atoms with van der Waals surface area (Å²) in [5.41, 5.74) is 0. The van der Waals surface area contributed by atoms with Crippen LogP contribution >= 0.6 is 0 Å². The van der Waals surface area contributed by atoms with Crippen LogP contribution < -0.4 is 5.32 Å². The average molecular weight is 228 g/mol. The second kappa shape index (κ2) is 7.25. The summed E-state index contributed by atoms with van der Waals surface area (Å²) in [5, 5.41) is 3.49. The van der Waals surface area contributed by atoms with Crippen LogP contribution in [0.5, 0.6) is 0 Å². The Hall–Kier alpha value is -0.120. The second-order valence-corrected chi connectivity index (χ2v) is 5.11. The van der Waals surface area contributed by atoms with Crippen molar-refractivity contribution in [3.8, 4) is 0 Å². The molecule has 1 aliphatic rings. The first-order valence-electron chi connectivity index (χ1n) is 6.66. The molecule has 0 aromatic heterocycles. The van der Waals surface area contributed by atoms with Gasteiger partial charge in [-0.3, -0.25) is 0 Å². The Labute approximate surface area is 101 Å². The summed E-state index contributed by atoms with van der Waals surface area (Å²) in [4.78, 5) is 2.46. The van der Waals surface area contributed by atoms with E-state index in [4.69, 9.17) is 4.74 Å². The third-order valence-corrected chi connectivity index (χ3v) is 3.75. The van der Waals surface area contributed by atoms with Crippen LogP contribution in [0.2, 0.25) is 0 Å². The number of nitrogens with zero attached hydrogens (tertiary/aromatic N) is 1. The lowest BCUT2D eigenvalue weighted by Crippen LogP contribution is -2.47. The van der Waals surface area contributed by atoms with Gasteiger partial charge in [0.15, 0.2) is 0 Å². The van der Waals surface area contributed by atoms with Gasteiger partial charge in [0.05, 0.1) is 6.61 Å². The summed E-state index contributed by atoms with van der Waals surface area (Å²) in [6.07, 6.45) is 2.56. The SMILES string of the molecule is CCNC(C)C(C)N(C)CC1CCCOC1. The molecule has 1 rings (SSSR count). The summed E-state index contributed by atoms with van der Waals surface area (Å²) >= 11 is 0. The molecule has 0 aromatic rings. The number of likely N-dealkylation sites (N-methyl/N-ethyl adjacent to an activating group) is 2. The molecule has 0 aromatic carbocycles. The van der Waals surface area contributed by atoms with E-state index in [1.165, 1.54) is 12.8 Å². The van der Waals surface area contributed by atoms with Gasteiger partial charge in [0.25, 0.3) is 0 Å². The maximum Gasteiger partial charge on any atom is 0.0506 e. The molecule has 16 heavy (non-hydrogen) atoms. The number of hydrogen-bond donors (Lipinski definition) is 1. The van der Waals surface area contributed by atoms with E-state index in [-0.39, 0.29) is 0 Å². The Kier molecular flexibility index (Phi) is 6.32. The minimum atomic E-state index is 0.555. The van der Waals surface area contributed by atoms with E-state index in [9.17, 15) is 0 Å². The first-order valence-corrected chi connectivity index (χ1v) is 6.66. The minimum absolute atomic E-state index is 0.555. The molecule has 1 aliphatic heterocycles. The summed E-state index contributed by atoms with van der Waals surface area (Å²) in [7, 11) is 2.23. The number of hydrogen-bond acceptors (Lipinski definition) is 3. The average Bonchev–Trinajstić information content (AvgIpc) is 2.29. The van der Waals surface area contributed by atoms with E-state index in [2.05, 4.69) is 38.0 Å². The zero-order valence-electron chi connectivity index (χ0n) is 11.3. The fraction of sp³-hybridized carbons (Fsp3) is 1.00. The second-order valence-electron chi connectivity index (χ2n) is 5.11. The van der Waals surface area contributed by atoms with Crippen molar-refractivity contribution >= 4 is 0 Å². The largest absolute Gasteiger partial charge is 0.381 e. The number of rotatable bonds is 6. The monoisotopic (exact) mass is 228 g/mol. The lowest BCUT2D eigenvalue weighted by atomic mass is 10.0. The molecule has 3 heteroatoms.